The second-order valence-electron chi connectivity index (χ2n) is 5.67. The highest BCUT2D eigenvalue weighted by Gasteiger charge is 2.22. The van der Waals surface area contributed by atoms with E-state index >= 15 is 0 Å². The van der Waals surface area contributed by atoms with Crippen molar-refractivity contribution < 1.29 is 37.3 Å². The van der Waals surface area contributed by atoms with Crippen molar-refractivity contribution in [2.45, 2.75) is 19.6 Å². The molecule has 1 atom stereocenters. The van der Waals surface area contributed by atoms with Gasteiger partial charge in [0, 0.05) is 5.56 Å². The van der Waals surface area contributed by atoms with Crippen molar-refractivity contribution >= 4 is 11.8 Å². The molecular weight excluding hydrogens is 362 g/mol. The fraction of sp³-hybridized carbons (Fsp3) is 0.263. The second-order valence-corrected chi connectivity index (χ2v) is 5.67. The molecule has 2 aromatic rings. The maximum Gasteiger partial charge on any atom is 0.387 e. The third kappa shape index (κ3) is 4.52. The van der Waals surface area contributed by atoms with Crippen LogP contribution in [0.4, 0.5) is 8.78 Å². The quantitative estimate of drug-likeness (QED) is 0.566. The molecule has 0 saturated carbocycles. The van der Waals surface area contributed by atoms with E-state index < -0.39 is 24.5 Å². The van der Waals surface area contributed by atoms with Crippen LogP contribution in [0, 0.1) is 0 Å². The Morgan fingerprint density at radius 1 is 0.963 bits per heavy atom. The SMILES string of the molecule is C[C@@H](OC(=O)c1ccc2c(c1)OCCO2)C(=O)c1ccc(OC(F)F)cc1. The Balaban J connectivity index is 1.64. The van der Waals surface area contributed by atoms with Gasteiger partial charge in [0.25, 0.3) is 0 Å². The van der Waals surface area contributed by atoms with E-state index in [2.05, 4.69) is 4.74 Å². The van der Waals surface area contributed by atoms with Gasteiger partial charge in [-0.15, -0.1) is 0 Å². The van der Waals surface area contributed by atoms with Gasteiger partial charge in [-0.1, -0.05) is 0 Å². The first-order valence-electron chi connectivity index (χ1n) is 8.14. The molecule has 0 fully saturated rings. The Morgan fingerprint density at radius 2 is 1.59 bits per heavy atom. The van der Waals surface area contributed by atoms with Crippen molar-refractivity contribution in [3.05, 3.63) is 53.6 Å². The molecule has 8 heteroatoms. The summed E-state index contributed by atoms with van der Waals surface area (Å²) in [5.74, 6) is -0.255. The summed E-state index contributed by atoms with van der Waals surface area (Å²) in [6.45, 7) is -0.700. The monoisotopic (exact) mass is 378 g/mol. The van der Waals surface area contributed by atoms with E-state index in [0.717, 1.165) is 0 Å². The number of carbonyl (C=O) groups excluding carboxylic acids is 2. The van der Waals surface area contributed by atoms with Gasteiger partial charge in [-0.3, -0.25) is 4.79 Å². The minimum atomic E-state index is -2.95. The van der Waals surface area contributed by atoms with Crippen LogP contribution < -0.4 is 14.2 Å². The predicted molar refractivity (Wildman–Crippen MR) is 89.7 cm³/mol. The van der Waals surface area contributed by atoms with E-state index in [-0.39, 0.29) is 16.9 Å². The maximum atomic E-state index is 12.4. The summed E-state index contributed by atoms with van der Waals surface area (Å²) in [5.41, 5.74) is 0.429. The molecule has 0 aromatic heterocycles. The zero-order valence-electron chi connectivity index (χ0n) is 14.3. The Hall–Kier alpha value is -3.16. The van der Waals surface area contributed by atoms with Crippen LogP contribution in [0.5, 0.6) is 17.2 Å². The van der Waals surface area contributed by atoms with Gasteiger partial charge in [-0.25, -0.2) is 4.79 Å². The van der Waals surface area contributed by atoms with Crippen LogP contribution in [-0.2, 0) is 4.74 Å². The van der Waals surface area contributed by atoms with Crippen LogP contribution in [0.15, 0.2) is 42.5 Å². The smallest absolute Gasteiger partial charge is 0.387 e. The van der Waals surface area contributed by atoms with Crippen LogP contribution in [0.25, 0.3) is 0 Å². The molecule has 3 rings (SSSR count). The van der Waals surface area contributed by atoms with Crippen LogP contribution in [0.3, 0.4) is 0 Å². The number of Topliss-reactive ketones (excluding diaryl/α,β-unsaturated/α-hetero) is 1. The summed E-state index contributed by atoms with van der Waals surface area (Å²) >= 11 is 0. The average molecular weight is 378 g/mol. The van der Waals surface area contributed by atoms with E-state index in [9.17, 15) is 18.4 Å². The van der Waals surface area contributed by atoms with E-state index in [4.69, 9.17) is 14.2 Å². The molecule has 0 N–H and O–H groups in total. The molecular formula is C19H16F2O6. The topological polar surface area (TPSA) is 71.1 Å². The highest BCUT2D eigenvalue weighted by Crippen LogP contribution is 2.31. The first kappa shape index (κ1) is 18.6. The van der Waals surface area contributed by atoms with Crippen LogP contribution in [0.2, 0.25) is 0 Å². The van der Waals surface area contributed by atoms with Crippen molar-refractivity contribution in [1.29, 1.82) is 0 Å². The van der Waals surface area contributed by atoms with Gasteiger partial charge in [0.05, 0.1) is 5.56 Å². The summed E-state index contributed by atoms with van der Waals surface area (Å²) in [6.07, 6.45) is -1.06. The number of alkyl halides is 2. The summed E-state index contributed by atoms with van der Waals surface area (Å²) in [6, 6.07) is 9.75. The number of benzene rings is 2. The van der Waals surface area contributed by atoms with Crippen LogP contribution in [0.1, 0.15) is 27.6 Å². The number of rotatable bonds is 6. The molecule has 1 heterocycles. The van der Waals surface area contributed by atoms with Gasteiger partial charge < -0.3 is 18.9 Å². The third-order valence-electron chi connectivity index (χ3n) is 3.79. The lowest BCUT2D eigenvalue weighted by Gasteiger charge is -2.19. The van der Waals surface area contributed by atoms with E-state index in [1.165, 1.54) is 43.3 Å². The van der Waals surface area contributed by atoms with E-state index in [1.54, 1.807) is 6.07 Å². The minimum Gasteiger partial charge on any atom is -0.486 e. The Bertz CT molecular complexity index is 835. The zero-order valence-corrected chi connectivity index (χ0v) is 14.3. The minimum absolute atomic E-state index is 0.0672. The number of esters is 1. The number of ether oxygens (including phenoxy) is 4. The molecule has 1 aliphatic rings. The molecule has 142 valence electrons. The summed E-state index contributed by atoms with van der Waals surface area (Å²) in [4.78, 5) is 24.6. The Kier molecular flexibility index (Phi) is 5.54. The van der Waals surface area contributed by atoms with E-state index in [1.807, 2.05) is 0 Å². The normalized spacial score (nSPS) is 13.8. The lowest BCUT2D eigenvalue weighted by Crippen LogP contribution is -2.24. The molecule has 0 spiro atoms. The zero-order chi connectivity index (χ0) is 19.4. The first-order valence-corrected chi connectivity index (χ1v) is 8.14. The predicted octanol–water partition coefficient (Wildman–Crippen LogP) is 3.49. The van der Waals surface area contributed by atoms with Crippen molar-refractivity contribution in [3.63, 3.8) is 0 Å². The Labute approximate surface area is 153 Å². The largest absolute Gasteiger partial charge is 0.486 e. The number of fused-ring (bicyclic) bond motifs is 1. The van der Waals surface area contributed by atoms with Crippen LogP contribution >= 0.6 is 0 Å². The number of carbonyl (C=O) groups is 2. The lowest BCUT2D eigenvalue weighted by molar-refractivity contribution is -0.0498. The molecule has 27 heavy (non-hydrogen) atoms. The molecule has 6 nitrogen and oxygen atoms in total. The fourth-order valence-corrected chi connectivity index (χ4v) is 2.49. The van der Waals surface area contributed by atoms with Crippen LogP contribution in [-0.4, -0.2) is 37.7 Å². The lowest BCUT2D eigenvalue weighted by atomic mass is 10.1. The molecule has 0 amide bonds. The van der Waals surface area contributed by atoms with Crippen molar-refractivity contribution in [2.24, 2.45) is 0 Å². The molecule has 2 aromatic carbocycles. The maximum absolute atomic E-state index is 12.4. The third-order valence-corrected chi connectivity index (χ3v) is 3.79. The van der Waals surface area contributed by atoms with Gasteiger partial charge in [-0.2, -0.15) is 8.78 Å². The number of halogens is 2. The first-order chi connectivity index (χ1) is 12.9. The average Bonchev–Trinajstić information content (AvgIpc) is 2.67. The fourth-order valence-electron chi connectivity index (χ4n) is 2.49. The van der Waals surface area contributed by atoms with Gasteiger partial charge in [0.2, 0.25) is 5.78 Å². The molecule has 1 aliphatic heterocycles. The van der Waals surface area contributed by atoms with Crippen molar-refractivity contribution in [3.8, 4) is 17.2 Å². The van der Waals surface area contributed by atoms with Crippen molar-refractivity contribution in [1.82, 2.24) is 0 Å². The number of hydrogen-bond donors (Lipinski definition) is 0. The molecule has 0 bridgehead atoms. The van der Waals surface area contributed by atoms with Gasteiger partial charge in [0.15, 0.2) is 17.6 Å². The highest BCUT2D eigenvalue weighted by molar-refractivity contribution is 6.01. The number of ketones is 1. The summed E-state index contributed by atoms with van der Waals surface area (Å²) in [5, 5.41) is 0. The number of hydrogen-bond acceptors (Lipinski definition) is 6. The molecule has 0 saturated heterocycles. The van der Waals surface area contributed by atoms with Gasteiger partial charge in [0.1, 0.15) is 19.0 Å². The van der Waals surface area contributed by atoms with Gasteiger partial charge in [-0.05, 0) is 49.4 Å². The molecule has 0 aliphatic carbocycles. The molecule has 0 radical (unpaired) electrons. The Morgan fingerprint density at radius 3 is 2.26 bits per heavy atom. The van der Waals surface area contributed by atoms with E-state index in [0.29, 0.717) is 24.7 Å². The van der Waals surface area contributed by atoms with Gasteiger partial charge >= 0.3 is 12.6 Å². The standard InChI is InChI=1S/C19H16F2O6/c1-11(17(22)12-2-5-14(6-3-12)27-19(20)21)26-18(23)13-4-7-15-16(10-13)25-9-8-24-15/h2-7,10-11,19H,8-9H2,1H3/t11-/m1/s1. The summed E-state index contributed by atoms with van der Waals surface area (Å²) in [7, 11) is 0. The highest BCUT2D eigenvalue weighted by atomic mass is 19.3. The second kappa shape index (κ2) is 8.03. The van der Waals surface area contributed by atoms with Crippen molar-refractivity contribution in [2.75, 3.05) is 13.2 Å². The summed E-state index contributed by atoms with van der Waals surface area (Å²) < 4.78 is 44.5. The molecule has 0 unspecified atom stereocenters.